The molecular formula is C21H30O2. The van der Waals surface area contributed by atoms with E-state index in [1.807, 2.05) is 0 Å². The van der Waals surface area contributed by atoms with Crippen molar-refractivity contribution < 1.29 is 9.84 Å². The van der Waals surface area contributed by atoms with E-state index in [0.29, 0.717) is 11.8 Å². The molecule has 0 spiro atoms. The number of hydrogen-bond acceptors (Lipinski definition) is 2. The maximum absolute atomic E-state index is 10.6. The minimum Gasteiger partial charge on any atom is -0.497 e. The van der Waals surface area contributed by atoms with E-state index in [-0.39, 0.29) is 11.5 Å². The van der Waals surface area contributed by atoms with Gasteiger partial charge in [-0.15, -0.1) is 0 Å². The summed E-state index contributed by atoms with van der Waals surface area (Å²) in [5.74, 6) is 3.91. The number of methoxy groups -OCH3 is 1. The van der Waals surface area contributed by atoms with Gasteiger partial charge in [-0.3, -0.25) is 0 Å². The van der Waals surface area contributed by atoms with Gasteiger partial charge >= 0.3 is 0 Å². The Morgan fingerprint density at radius 3 is 2.83 bits per heavy atom. The highest BCUT2D eigenvalue weighted by atomic mass is 16.5. The Hall–Kier alpha value is -1.02. The molecule has 2 fully saturated rings. The summed E-state index contributed by atoms with van der Waals surface area (Å²) in [6.07, 6.45) is 7.01. The molecule has 0 aromatic heterocycles. The van der Waals surface area contributed by atoms with Crippen molar-refractivity contribution in [2.75, 3.05) is 7.11 Å². The van der Waals surface area contributed by atoms with Gasteiger partial charge in [0, 0.05) is 0 Å². The number of rotatable bonds is 2. The lowest BCUT2D eigenvalue weighted by molar-refractivity contribution is -0.0386. The van der Waals surface area contributed by atoms with Crippen molar-refractivity contribution >= 4 is 0 Å². The first kappa shape index (κ1) is 15.5. The third-order valence-electron chi connectivity index (χ3n) is 7.58. The van der Waals surface area contributed by atoms with E-state index in [2.05, 4.69) is 32.0 Å². The van der Waals surface area contributed by atoms with Gasteiger partial charge in [-0.2, -0.15) is 0 Å². The normalized spacial score (nSPS) is 41.8. The average Bonchev–Trinajstić information content (AvgIpc) is 2.88. The van der Waals surface area contributed by atoms with Gasteiger partial charge in [0.2, 0.25) is 0 Å². The maximum Gasteiger partial charge on any atom is 0.119 e. The van der Waals surface area contributed by atoms with E-state index in [4.69, 9.17) is 4.74 Å². The van der Waals surface area contributed by atoms with Crippen LogP contribution in [0.5, 0.6) is 5.75 Å². The molecule has 2 heteroatoms. The molecule has 2 nitrogen and oxygen atoms in total. The summed E-state index contributed by atoms with van der Waals surface area (Å²) in [5, 5.41) is 10.6. The van der Waals surface area contributed by atoms with Crippen LogP contribution >= 0.6 is 0 Å². The predicted octanol–water partition coefficient (Wildman–Crippen LogP) is 4.55. The number of hydrogen-bond donors (Lipinski definition) is 1. The van der Waals surface area contributed by atoms with Crippen molar-refractivity contribution in [3.8, 4) is 5.75 Å². The number of fused-ring (bicyclic) bond motifs is 5. The Labute approximate surface area is 140 Å². The van der Waals surface area contributed by atoms with Crippen molar-refractivity contribution in [2.24, 2.45) is 23.2 Å². The number of aliphatic hydroxyl groups is 1. The van der Waals surface area contributed by atoms with E-state index >= 15 is 0 Å². The third kappa shape index (κ3) is 2.17. The van der Waals surface area contributed by atoms with Gasteiger partial charge in [-0.25, -0.2) is 0 Å². The fraction of sp³-hybridized carbons (Fsp3) is 0.714. The molecule has 2 saturated carbocycles. The summed E-state index contributed by atoms with van der Waals surface area (Å²) in [4.78, 5) is 0. The zero-order valence-corrected chi connectivity index (χ0v) is 14.7. The Kier molecular flexibility index (Phi) is 3.72. The molecule has 23 heavy (non-hydrogen) atoms. The summed E-state index contributed by atoms with van der Waals surface area (Å²) in [7, 11) is 1.76. The van der Waals surface area contributed by atoms with Gasteiger partial charge in [0.1, 0.15) is 5.75 Å². The molecule has 4 unspecified atom stereocenters. The van der Waals surface area contributed by atoms with Crippen molar-refractivity contribution in [3.05, 3.63) is 29.3 Å². The summed E-state index contributed by atoms with van der Waals surface area (Å²) in [6.45, 7) is 4.71. The van der Waals surface area contributed by atoms with E-state index in [1.54, 1.807) is 12.7 Å². The first-order chi connectivity index (χ1) is 11.1. The van der Waals surface area contributed by atoms with Gasteiger partial charge in [-0.05, 0) is 84.5 Å². The zero-order chi connectivity index (χ0) is 16.2. The predicted molar refractivity (Wildman–Crippen MR) is 92.8 cm³/mol. The van der Waals surface area contributed by atoms with E-state index in [9.17, 15) is 5.11 Å². The van der Waals surface area contributed by atoms with Gasteiger partial charge < -0.3 is 9.84 Å². The third-order valence-corrected chi connectivity index (χ3v) is 7.58. The van der Waals surface area contributed by atoms with Crippen molar-refractivity contribution in [2.45, 2.75) is 64.4 Å². The molecule has 0 radical (unpaired) electrons. The Bertz CT molecular complexity index is 596. The average molecular weight is 314 g/mol. The Balaban J connectivity index is 1.75. The fourth-order valence-electron chi connectivity index (χ4n) is 6.27. The van der Waals surface area contributed by atoms with Crippen molar-refractivity contribution in [3.63, 3.8) is 0 Å². The first-order valence-electron chi connectivity index (χ1n) is 9.43. The Morgan fingerprint density at radius 1 is 1.26 bits per heavy atom. The molecule has 0 saturated heterocycles. The van der Waals surface area contributed by atoms with Gasteiger partial charge in [-0.1, -0.05) is 26.3 Å². The van der Waals surface area contributed by atoms with Crippen LogP contribution in [0.2, 0.25) is 0 Å². The van der Waals surface area contributed by atoms with Crippen LogP contribution in [0.15, 0.2) is 18.2 Å². The summed E-state index contributed by atoms with van der Waals surface area (Å²) < 4.78 is 5.45. The van der Waals surface area contributed by atoms with Crippen LogP contribution in [0.1, 0.15) is 63.0 Å². The lowest BCUT2D eigenvalue weighted by Crippen LogP contribution is -2.47. The maximum atomic E-state index is 10.6. The monoisotopic (exact) mass is 314 g/mol. The summed E-state index contributed by atoms with van der Waals surface area (Å²) in [5.41, 5.74) is 3.25. The molecule has 1 aromatic carbocycles. The highest BCUT2D eigenvalue weighted by molar-refractivity contribution is 5.41. The zero-order valence-electron chi connectivity index (χ0n) is 14.7. The molecule has 4 rings (SSSR count). The van der Waals surface area contributed by atoms with Crippen LogP contribution in [0, 0.1) is 23.2 Å². The fourth-order valence-corrected chi connectivity index (χ4v) is 6.27. The second-order valence-electron chi connectivity index (χ2n) is 8.37. The van der Waals surface area contributed by atoms with Crippen LogP contribution in [0.3, 0.4) is 0 Å². The number of benzene rings is 1. The van der Waals surface area contributed by atoms with Crippen LogP contribution in [0.25, 0.3) is 0 Å². The van der Waals surface area contributed by atoms with Gasteiger partial charge in [0.05, 0.1) is 13.2 Å². The molecule has 0 heterocycles. The van der Waals surface area contributed by atoms with Crippen LogP contribution in [0.4, 0.5) is 0 Å². The molecule has 0 bridgehead atoms. The van der Waals surface area contributed by atoms with Gasteiger partial charge in [0.25, 0.3) is 0 Å². The molecule has 1 aromatic rings. The molecule has 0 aliphatic heterocycles. The SMILES string of the molecule is CCC1Cc2cc(OC)ccc2C2CC[C@@]3(C)C(CC[C@@H]3O)C12. The highest BCUT2D eigenvalue weighted by Crippen LogP contribution is 2.62. The topological polar surface area (TPSA) is 29.5 Å². The van der Waals surface area contributed by atoms with E-state index in [0.717, 1.165) is 24.0 Å². The minimum absolute atomic E-state index is 0.0804. The quantitative estimate of drug-likeness (QED) is 0.868. The molecule has 3 aliphatic rings. The summed E-state index contributed by atoms with van der Waals surface area (Å²) in [6, 6.07) is 6.73. The summed E-state index contributed by atoms with van der Waals surface area (Å²) >= 11 is 0. The lowest BCUT2D eigenvalue weighted by Gasteiger charge is -2.53. The first-order valence-corrected chi connectivity index (χ1v) is 9.43. The minimum atomic E-state index is -0.0804. The molecule has 0 amide bonds. The van der Waals surface area contributed by atoms with Crippen LogP contribution in [-0.2, 0) is 6.42 Å². The molecular weight excluding hydrogens is 284 g/mol. The lowest BCUT2D eigenvalue weighted by atomic mass is 9.52. The second-order valence-corrected chi connectivity index (χ2v) is 8.37. The van der Waals surface area contributed by atoms with Gasteiger partial charge in [0.15, 0.2) is 0 Å². The molecule has 126 valence electrons. The smallest absolute Gasteiger partial charge is 0.119 e. The largest absolute Gasteiger partial charge is 0.497 e. The molecule has 3 aliphatic carbocycles. The van der Waals surface area contributed by atoms with Crippen molar-refractivity contribution in [1.82, 2.24) is 0 Å². The van der Waals surface area contributed by atoms with Crippen molar-refractivity contribution in [1.29, 1.82) is 0 Å². The standard InChI is InChI=1S/C21H30O2/c1-4-13-11-14-12-15(23-3)5-6-16(14)17-9-10-21(2)18(20(13)17)7-8-19(21)22/h5-6,12-13,17-20,22H,4,7-11H2,1-3H3/t13?,17?,18?,19-,20?,21-/m0/s1. The van der Waals surface area contributed by atoms with Crippen LogP contribution in [-0.4, -0.2) is 18.3 Å². The number of ether oxygens (including phenoxy) is 1. The number of aliphatic hydroxyl groups excluding tert-OH is 1. The van der Waals surface area contributed by atoms with Crippen LogP contribution < -0.4 is 4.74 Å². The van der Waals surface area contributed by atoms with E-state index < -0.39 is 0 Å². The second kappa shape index (κ2) is 5.51. The highest BCUT2D eigenvalue weighted by Gasteiger charge is 2.56. The molecule has 1 N–H and O–H groups in total. The Morgan fingerprint density at radius 2 is 2.09 bits per heavy atom. The molecule has 6 atom stereocenters. The van der Waals surface area contributed by atoms with E-state index in [1.165, 1.54) is 37.7 Å².